The fourth-order valence-corrected chi connectivity index (χ4v) is 6.02. The Bertz CT molecular complexity index is 1260. The number of likely N-dealkylation sites (N-methyl/N-ethyl adjacent to an activating group) is 1. The summed E-state index contributed by atoms with van der Waals surface area (Å²) in [5, 5.41) is 6.85. The van der Waals surface area contributed by atoms with Gasteiger partial charge in [0.2, 0.25) is 5.91 Å². The van der Waals surface area contributed by atoms with Gasteiger partial charge in [0.05, 0.1) is 23.9 Å². The Hall–Kier alpha value is -3.07. The van der Waals surface area contributed by atoms with E-state index in [0.717, 1.165) is 32.5 Å². The highest BCUT2D eigenvalue weighted by atomic mass is 35.5. The highest BCUT2D eigenvalue weighted by Crippen LogP contribution is 2.39. The fourth-order valence-electron chi connectivity index (χ4n) is 5.50. The standard InChI is InChI=1S/C28H31Cl2N5O3/c1-2-35-23-16-34(27(37)25(23)26(32-28(35)38)21-9-8-19(29)14-22(21)30)17-24(36)31-20-10-12-33(13-11-20)15-18-6-4-3-5-7-18/h3-9,14,20,26H,2,10-13,15-17H2,1H3,(H,31,36)(H,32,38)/t26-/m1/s1. The van der Waals surface area contributed by atoms with Crippen molar-refractivity contribution in [2.75, 3.05) is 32.7 Å². The molecule has 2 N–H and O–H groups in total. The third-order valence-corrected chi connectivity index (χ3v) is 7.98. The number of piperidine rings is 1. The number of urea groups is 1. The van der Waals surface area contributed by atoms with Crippen LogP contribution in [0.4, 0.5) is 4.79 Å². The van der Waals surface area contributed by atoms with Crippen LogP contribution in [0.2, 0.25) is 10.0 Å². The lowest BCUT2D eigenvalue weighted by Gasteiger charge is -2.33. The van der Waals surface area contributed by atoms with Gasteiger partial charge in [0.15, 0.2) is 0 Å². The first-order valence-corrected chi connectivity index (χ1v) is 13.7. The zero-order valence-electron chi connectivity index (χ0n) is 21.3. The van der Waals surface area contributed by atoms with E-state index in [9.17, 15) is 14.4 Å². The van der Waals surface area contributed by atoms with Crippen LogP contribution >= 0.6 is 23.2 Å². The first kappa shape index (κ1) is 26.5. The molecule has 0 radical (unpaired) electrons. The molecule has 3 heterocycles. The molecule has 2 aromatic rings. The van der Waals surface area contributed by atoms with Crippen LogP contribution in [-0.4, -0.2) is 71.3 Å². The number of likely N-dealkylation sites (tertiary alicyclic amines) is 1. The first-order chi connectivity index (χ1) is 18.3. The predicted molar refractivity (Wildman–Crippen MR) is 147 cm³/mol. The smallest absolute Gasteiger partial charge is 0.322 e. The zero-order valence-corrected chi connectivity index (χ0v) is 22.8. The van der Waals surface area contributed by atoms with Gasteiger partial charge < -0.3 is 15.5 Å². The lowest BCUT2D eigenvalue weighted by Crippen LogP contribution is -2.47. The molecule has 3 aliphatic rings. The molecule has 0 aromatic heterocycles. The summed E-state index contributed by atoms with van der Waals surface area (Å²) in [5.41, 5.74) is 2.93. The highest BCUT2D eigenvalue weighted by Gasteiger charge is 2.44. The molecule has 8 nitrogen and oxygen atoms in total. The Morgan fingerprint density at radius 1 is 1.08 bits per heavy atom. The number of hydrogen-bond donors (Lipinski definition) is 2. The van der Waals surface area contributed by atoms with Gasteiger partial charge in [-0.25, -0.2) is 4.79 Å². The van der Waals surface area contributed by atoms with Crippen LogP contribution in [0, 0.1) is 0 Å². The Morgan fingerprint density at radius 3 is 2.50 bits per heavy atom. The molecule has 10 heteroatoms. The number of rotatable bonds is 7. The van der Waals surface area contributed by atoms with Crippen LogP contribution in [-0.2, 0) is 16.1 Å². The molecule has 200 valence electrons. The maximum Gasteiger partial charge on any atom is 0.322 e. The second-order valence-corrected chi connectivity index (χ2v) is 10.8. The molecule has 0 unspecified atom stereocenters. The lowest BCUT2D eigenvalue weighted by molar-refractivity contribution is -0.132. The zero-order chi connectivity index (χ0) is 26.8. The van der Waals surface area contributed by atoms with Crippen molar-refractivity contribution in [3.05, 3.63) is 81.0 Å². The lowest BCUT2D eigenvalue weighted by atomic mass is 9.95. The van der Waals surface area contributed by atoms with Crippen molar-refractivity contribution < 1.29 is 14.4 Å². The van der Waals surface area contributed by atoms with Gasteiger partial charge in [-0.1, -0.05) is 59.6 Å². The van der Waals surface area contributed by atoms with Gasteiger partial charge >= 0.3 is 6.03 Å². The van der Waals surface area contributed by atoms with E-state index in [1.807, 2.05) is 25.1 Å². The van der Waals surface area contributed by atoms with Gasteiger partial charge in [0.1, 0.15) is 6.54 Å². The Balaban J connectivity index is 1.22. The maximum absolute atomic E-state index is 13.5. The summed E-state index contributed by atoms with van der Waals surface area (Å²) < 4.78 is 0. The first-order valence-electron chi connectivity index (χ1n) is 12.9. The molecule has 2 aromatic carbocycles. The SMILES string of the molecule is CCN1C(=O)N[C@H](c2ccc(Cl)cc2Cl)C2=C1CN(CC(=O)NC1CCN(Cc3ccccc3)CC1)C2=O. The molecule has 0 bridgehead atoms. The number of halogens is 2. The average molecular weight is 556 g/mol. The number of benzene rings is 2. The summed E-state index contributed by atoms with van der Waals surface area (Å²) in [5.74, 6) is -0.467. The van der Waals surface area contributed by atoms with Crippen molar-refractivity contribution in [1.29, 1.82) is 0 Å². The molecule has 4 amide bonds. The van der Waals surface area contributed by atoms with Crippen LogP contribution in [0.5, 0.6) is 0 Å². The summed E-state index contributed by atoms with van der Waals surface area (Å²) >= 11 is 12.5. The molecular formula is C28H31Cl2N5O3. The average Bonchev–Trinajstić information content (AvgIpc) is 3.21. The van der Waals surface area contributed by atoms with Crippen molar-refractivity contribution >= 4 is 41.0 Å². The van der Waals surface area contributed by atoms with Gasteiger partial charge in [0.25, 0.3) is 5.91 Å². The van der Waals surface area contributed by atoms with E-state index in [4.69, 9.17) is 23.2 Å². The number of carbonyl (C=O) groups excluding carboxylic acids is 3. The van der Waals surface area contributed by atoms with Crippen molar-refractivity contribution in [3.8, 4) is 0 Å². The Kier molecular flexibility index (Phi) is 7.93. The van der Waals surface area contributed by atoms with Gasteiger partial charge in [0, 0.05) is 42.3 Å². The van der Waals surface area contributed by atoms with Crippen LogP contribution in [0.15, 0.2) is 59.8 Å². The van der Waals surface area contributed by atoms with Gasteiger partial charge in [-0.2, -0.15) is 0 Å². The summed E-state index contributed by atoms with van der Waals surface area (Å²) in [6.45, 7) is 5.09. The van der Waals surface area contributed by atoms with Crippen LogP contribution in [0.3, 0.4) is 0 Å². The minimum absolute atomic E-state index is 0.0666. The third kappa shape index (κ3) is 5.53. The summed E-state index contributed by atoms with van der Waals surface area (Å²) in [6.07, 6.45) is 1.72. The highest BCUT2D eigenvalue weighted by molar-refractivity contribution is 6.35. The molecule has 0 spiro atoms. The quantitative estimate of drug-likeness (QED) is 0.541. The monoisotopic (exact) mass is 555 g/mol. The van der Waals surface area contributed by atoms with E-state index in [0.29, 0.717) is 33.4 Å². The summed E-state index contributed by atoms with van der Waals surface area (Å²) in [4.78, 5) is 44.8. The Morgan fingerprint density at radius 2 is 1.82 bits per heavy atom. The predicted octanol–water partition coefficient (Wildman–Crippen LogP) is 3.96. The molecule has 5 rings (SSSR count). The number of nitrogens with one attached hydrogen (secondary N) is 2. The largest absolute Gasteiger partial charge is 0.352 e. The van der Waals surface area contributed by atoms with E-state index >= 15 is 0 Å². The normalized spacial score (nSPS) is 20.6. The molecule has 1 fully saturated rings. The summed E-state index contributed by atoms with van der Waals surface area (Å²) in [6, 6.07) is 14.4. The van der Waals surface area contributed by atoms with E-state index in [1.54, 1.807) is 23.1 Å². The molecular weight excluding hydrogens is 525 g/mol. The molecule has 0 saturated carbocycles. The number of amides is 4. The second-order valence-electron chi connectivity index (χ2n) is 9.92. The van der Waals surface area contributed by atoms with Crippen molar-refractivity contribution in [2.24, 2.45) is 0 Å². The number of carbonyl (C=O) groups is 3. The molecule has 1 saturated heterocycles. The molecule has 0 aliphatic carbocycles. The van der Waals surface area contributed by atoms with E-state index in [2.05, 4.69) is 27.7 Å². The van der Waals surface area contributed by atoms with Gasteiger partial charge in [-0.15, -0.1) is 0 Å². The van der Waals surface area contributed by atoms with Crippen LogP contribution < -0.4 is 10.6 Å². The van der Waals surface area contributed by atoms with Crippen LogP contribution in [0.1, 0.15) is 36.9 Å². The Labute approximate surface area is 232 Å². The number of hydrogen-bond acceptors (Lipinski definition) is 4. The minimum atomic E-state index is -0.709. The van der Waals surface area contributed by atoms with Crippen molar-refractivity contribution in [3.63, 3.8) is 0 Å². The van der Waals surface area contributed by atoms with Gasteiger partial charge in [-0.05, 0) is 43.0 Å². The fraction of sp³-hybridized carbons (Fsp3) is 0.393. The van der Waals surface area contributed by atoms with Gasteiger partial charge in [-0.3, -0.25) is 19.4 Å². The van der Waals surface area contributed by atoms with E-state index < -0.39 is 6.04 Å². The maximum atomic E-state index is 13.5. The van der Waals surface area contributed by atoms with Crippen molar-refractivity contribution in [2.45, 2.75) is 38.4 Å². The molecule has 3 aliphatic heterocycles. The van der Waals surface area contributed by atoms with E-state index in [-0.39, 0.29) is 37.0 Å². The molecule has 1 atom stereocenters. The van der Waals surface area contributed by atoms with E-state index in [1.165, 1.54) is 10.5 Å². The second kappa shape index (κ2) is 11.4. The minimum Gasteiger partial charge on any atom is -0.352 e. The third-order valence-electron chi connectivity index (χ3n) is 7.42. The summed E-state index contributed by atoms with van der Waals surface area (Å²) in [7, 11) is 0. The topological polar surface area (TPSA) is 85.0 Å². The van der Waals surface area contributed by atoms with Crippen molar-refractivity contribution in [1.82, 2.24) is 25.3 Å². The number of nitrogens with zero attached hydrogens (tertiary/aromatic N) is 3. The van der Waals surface area contributed by atoms with Crippen LogP contribution in [0.25, 0.3) is 0 Å². The molecule has 38 heavy (non-hydrogen) atoms.